The molecule has 2 aromatic rings. The van der Waals surface area contributed by atoms with Crippen molar-refractivity contribution in [1.82, 2.24) is 9.78 Å². The number of hydrogen-bond acceptors (Lipinski definition) is 6. The zero-order valence-electron chi connectivity index (χ0n) is 11.0. The van der Waals surface area contributed by atoms with E-state index in [-0.39, 0.29) is 5.69 Å². The van der Waals surface area contributed by atoms with Crippen LogP contribution >= 0.6 is 0 Å². The highest BCUT2D eigenvalue weighted by molar-refractivity contribution is 5.63. The van der Waals surface area contributed by atoms with Crippen molar-refractivity contribution in [2.45, 2.75) is 6.42 Å². The van der Waals surface area contributed by atoms with Crippen molar-refractivity contribution in [2.75, 3.05) is 17.3 Å². The molecule has 4 N–H and O–H groups in total. The van der Waals surface area contributed by atoms with E-state index >= 15 is 0 Å². The van der Waals surface area contributed by atoms with Gasteiger partial charge in [-0.05, 0) is 18.1 Å². The number of nitro groups is 1. The highest BCUT2D eigenvalue weighted by Crippen LogP contribution is 2.23. The Morgan fingerprint density at radius 2 is 2.15 bits per heavy atom. The third-order valence-electron chi connectivity index (χ3n) is 2.80. The molecule has 0 aliphatic heterocycles. The van der Waals surface area contributed by atoms with E-state index in [2.05, 4.69) is 15.8 Å². The first-order valence-electron chi connectivity index (χ1n) is 6.06. The summed E-state index contributed by atoms with van der Waals surface area (Å²) in [5.41, 5.74) is 4.64. The van der Waals surface area contributed by atoms with Gasteiger partial charge in [0.25, 0.3) is 5.69 Å². The molecule has 20 heavy (non-hydrogen) atoms. The quantitative estimate of drug-likeness (QED) is 0.416. The van der Waals surface area contributed by atoms with Crippen molar-refractivity contribution < 1.29 is 4.92 Å². The second-order valence-electron chi connectivity index (χ2n) is 4.37. The summed E-state index contributed by atoms with van der Waals surface area (Å²) in [5.74, 6) is 5.30. The topological polar surface area (TPSA) is 111 Å². The third-order valence-corrected chi connectivity index (χ3v) is 2.80. The summed E-state index contributed by atoms with van der Waals surface area (Å²) in [5, 5.41) is 18.0. The smallest absolute Gasteiger partial charge is 0.273 e. The molecule has 1 aromatic carbocycles. The number of nitro benzene ring substituents is 1. The zero-order valence-corrected chi connectivity index (χ0v) is 11.0. The lowest BCUT2D eigenvalue weighted by Crippen LogP contribution is -2.09. The maximum absolute atomic E-state index is 10.8. The fourth-order valence-electron chi connectivity index (χ4n) is 1.85. The van der Waals surface area contributed by atoms with E-state index in [9.17, 15) is 10.1 Å². The number of aryl methyl sites for hydroxylation is 1. The first kappa shape index (κ1) is 13.8. The Hall–Kier alpha value is -2.61. The number of hydrazine groups is 1. The van der Waals surface area contributed by atoms with Crippen LogP contribution < -0.4 is 16.6 Å². The first-order chi connectivity index (χ1) is 9.58. The number of anilines is 2. The number of benzene rings is 1. The summed E-state index contributed by atoms with van der Waals surface area (Å²) < 4.78 is 1.74. The van der Waals surface area contributed by atoms with Gasteiger partial charge in [-0.25, -0.2) is 0 Å². The van der Waals surface area contributed by atoms with Gasteiger partial charge in [-0.15, -0.1) is 0 Å². The van der Waals surface area contributed by atoms with Gasteiger partial charge in [0.1, 0.15) is 0 Å². The summed E-state index contributed by atoms with van der Waals surface area (Å²) in [6.45, 7) is 0.650. The highest BCUT2D eigenvalue weighted by Gasteiger charge is 2.09. The number of nitrogens with two attached hydrogens (primary N) is 1. The fourth-order valence-corrected chi connectivity index (χ4v) is 1.85. The van der Waals surface area contributed by atoms with Crippen LogP contribution in [-0.4, -0.2) is 21.2 Å². The molecule has 1 aromatic heterocycles. The first-order valence-corrected chi connectivity index (χ1v) is 6.06. The van der Waals surface area contributed by atoms with Gasteiger partial charge in [0.2, 0.25) is 0 Å². The number of aromatic nitrogens is 2. The fraction of sp³-hybridized carbons (Fsp3) is 0.250. The Bertz CT molecular complexity index is 610. The van der Waals surface area contributed by atoms with Gasteiger partial charge in [0, 0.05) is 37.6 Å². The standard InChI is InChI=1S/C12H16N6O2/c1-17-8-9(7-15-17)2-3-14-10-4-11(16-13)6-12(5-10)18(19)20/h4-8,14,16H,2-3,13H2,1H3. The van der Waals surface area contributed by atoms with Crippen LogP contribution in [0.25, 0.3) is 0 Å². The summed E-state index contributed by atoms with van der Waals surface area (Å²) in [6.07, 6.45) is 4.51. The van der Waals surface area contributed by atoms with E-state index in [1.54, 1.807) is 16.9 Å². The molecule has 0 unspecified atom stereocenters. The predicted molar refractivity (Wildman–Crippen MR) is 76.3 cm³/mol. The van der Waals surface area contributed by atoms with Crippen LogP contribution in [0.1, 0.15) is 5.56 Å². The number of non-ortho nitro benzene ring substituents is 1. The molecule has 0 saturated heterocycles. The lowest BCUT2D eigenvalue weighted by atomic mass is 10.2. The van der Waals surface area contributed by atoms with Gasteiger partial charge in [-0.1, -0.05) is 0 Å². The molecule has 8 heteroatoms. The van der Waals surface area contributed by atoms with Crippen LogP contribution in [0.5, 0.6) is 0 Å². The molecule has 1 heterocycles. The van der Waals surface area contributed by atoms with Gasteiger partial charge in [0.15, 0.2) is 0 Å². The molecule has 0 aliphatic rings. The molecule has 8 nitrogen and oxygen atoms in total. The lowest BCUT2D eigenvalue weighted by molar-refractivity contribution is -0.384. The van der Waals surface area contributed by atoms with Crippen molar-refractivity contribution in [1.29, 1.82) is 0 Å². The maximum Gasteiger partial charge on any atom is 0.273 e. The van der Waals surface area contributed by atoms with E-state index < -0.39 is 4.92 Å². The van der Waals surface area contributed by atoms with Crippen LogP contribution in [0.3, 0.4) is 0 Å². The minimum absolute atomic E-state index is 0.00988. The molecule has 0 fully saturated rings. The van der Waals surface area contributed by atoms with Gasteiger partial charge in [-0.3, -0.25) is 20.6 Å². The van der Waals surface area contributed by atoms with Crippen LogP contribution in [0.2, 0.25) is 0 Å². The number of hydrogen-bond donors (Lipinski definition) is 3. The van der Waals surface area contributed by atoms with E-state index in [1.165, 1.54) is 12.1 Å². The van der Waals surface area contributed by atoms with Gasteiger partial charge < -0.3 is 10.7 Å². The number of nitrogen functional groups attached to an aromatic ring is 1. The number of nitrogens with one attached hydrogen (secondary N) is 2. The van der Waals surface area contributed by atoms with Crippen molar-refractivity contribution in [3.63, 3.8) is 0 Å². The van der Waals surface area contributed by atoms with Gasteiger partial charge in [0.05, 0.1) is 16.8 Å². The molecule has 106 valence electrons. The maximum atomic E-state index is 10.8. The van der Waals surface area contributed by atoms with E-state index in [0.29, 0.717) is 17.9 Å². The van der Waals surface area contributed by atoms with Crippen LogP contribution in [0.4, 0.5) is 17.1 Å². The van der Waals surface area contributed by atoms with Crippen LogP contribution in [0.15, 0.2) is 30.6 Å². The Morgan fingerprint density at radius 1 is 1.40 bits per heavy atom. The lowest BCUT2D eigenvalue weighted by Gasteiger charge is -2.08. The average molecular weight is 276 g/mol. The third kappa shape index (κ3) is 3.45. The monoisotopic (exact) mass is 276 g/mol. The Morgan fingerprint density at radius 3 is 2.75 bits per heavy atom. The molecule has 0 radical (unpaired) electrons. The van der Waals surface area contributed by atoms with Crippen molar-refractivity contribution in [3.8, 4) is 0 Å². The molecular weight excluding hydrogens is 260 g/mol. The normalized spacial score (nSPS) is 10.3. The molecule has 0 saturated carbocycles. The molecule has 2 rings (SSSR count). The second-order valence-corrected chi connectivity index (χ2v) is 4.37. The minimum Gasteiger partial charge on any atom is -0.384 e. The minimum atomic E-state index is -0.451. The van der Waals surface area contributed by atoms with Crippen molar-refractivity contribution in [2.24, 2.45) is 12.9 Å². The Balaban J connectivity index is 2.01. The van der Waals surface area contributed by atoms with Gasteiger partial charge in [-0.2, -0.15) is 5.10 Å². The Labute approximate surface area is 115 Å². The predicted octanol–water partition coefficient (Wildman–Crippen LogP) is 1.27. The zero-order chi connectivity index (χ0) is 14.5. The van der Waals surface area contributed by atoms with Crippen molar-refractivity contribution in [3.05, 3.63) is 46.3 Å². The molecule has 0 bridgehead atoms. The summed E-state index contributed by atoms with van der Waals surface area (Å²) in [4.78, 5) is 10.4. The van der Waals surface area contributed by atoms with E-state index in [0.717, 1.165) is 12.0 Å². The number of nitrogens with zero attached hydrogens (tertiary/aromatic N) is 3. The molecule has 0 aliphatic carbocycles. The summed E-state index contributed by atoms with van der Waals surface area (Å²) in [6, 6.07) is 4.58. The molecule has 0 spiro atoms. The summed E-state index contributed by atoms with van der Waals surface area (Å²) in [7, 11) is 1.86. The largest absolute Gasteiger partial charge is 0.384 e. The van der Waals surface area contributed by atoms with Gasteiger partial charge >= 0.3 is 0 Å². The number of rotatable bonds is 6. The van der Waals surface area contributed by atoms with Crippen LogP contribution in [-0.2, 0) is 13.5 Å². The van der Waals surface area contributed by atoms with Crippen LogP contribution in [0, 0.1) is 10.1 Å². The van der Waals surface area contributed by atoms with Crippen molar-refractivity contribution >= 4 is 17.1 Å². The van der Waals surface area contributed by atoms with E-state index in [4.69, 9.17) is 5.84 Å². The average Bonchev–Trinajstić information content (AvgIpc) is 2.84. The Kier molecular flexibility index (Phi) is 4.16. The molecule has 0 atom stereocenters. The molecule has 0 amide bonds. The second kappa shape index (κ2) is 6.02. The van der Waals surface area contributed by atoms with E-state index in [1.807, 2.05) is 13.2 Å². The highest BCUT2D eigenvalue weighted by atomic mass is 16.6. The SMILES string of the molecule is Cn1cc(CCNc2cc(NN)cc([N+](=O)[O-])c2)cn1. The summed E-state index contributed by atoms with van der Waals surface area (Å²) >= 11 is 0. The molecular formula is C12H16N6O2.